The van der Waals surface area contributed by atoms with Crippen LogP contribution in [-0.4, -0.2) is 18.0 Å². The maximum atomic E-state index is 11.9. The van der Waals surface area contributed by atoms with Crippen LogP contribution in [0.3, 0.4) is 0 Å². The summed E-state index contributed by atoms with van der Waals surface area (Å²) >= 11 is 0. The Balaban J connectivity index is 1.93. The summed E-state index contributed by atoms with van der Waals surface area (Å²) in [6.45, 7) is 3.60. The number of rotatable bonds is 5. The summed E-state index contributed by atoms with van der Waals surface area (Å²) in [5, 5.41) is 2.81. The van der Waals surface area contributed by atoms with Crippen molar-refractivity contribution in [1.82, 2.24) is 0 Å². The molecule has 0 saturated heterocycles. The molecule has 0 aliphatic rings. The van der Waals surface area contributed by atoms with E-state index in [1.165, 1.54) is 0 Å². The summed E-state index contributed by atoms with van der Waals surface area (Å²) < 4.78 is 5.11. The van der Waals surface area contributed by atoms with Crippen LogP contribution < -0.4 is 5.32 Å². The zero-order chi connectivity index (χ0) is 15.9. The van der Waals surface area contributed by atoms with Gasteiger partial charge in [-0.25, -0.2) is 4.79 Å². The van der Waals surface area contributed by atoms with Crippen LogP contribution in [0.1, 0.15) is 29.8 Å². The standard InChI is InChI=1S/C18H19NO3/c1-13(2)22-18(21)15-8-10-16(11-9-15)19-17(20)12-14-6-4-3-5-7-14/h3-11,13H,12H2,1-2H3,(H,19,20). The van der Waals surface area contributed by atoms with Gasteiger partial charge in [-0.3, -0.25) is 4.79 Å². The molecule has 0 fully saturated rings. The van der Waals surface area contributed by atoms with Gasteiger partial charge in [0, 0.05) is 5.69 Å². The van der Waals surface area contributed by atoms with Crippen molar-refractivity contribution < 1.29 is 14.3 Å². The third-order valence-electron chi connectivity index (χ3n) is 2.95. The molecule has 0 radical (unpaired) electrons. The number of anilines is 1. The average Bonchev–Trinajstić information content (AvgIpc) is 2.48. The molecule has 0 saturated carbocycles. The van der Waals surface area contributed by atoms with E-state index < -0.39 is 0 Å². The number of hydrogen-bond donors (Lipinski definition) is 1. The van der Waals surface area contributed by atoms with Crippen molar-refractivity contribution in [2.24, 2.45) is 0 Å². The van der Waals surface area contributed by atoms with Crippen molar-refractivity contribution >= 4 is 17.6 Å². The number of benzene rings is 2. The molecule has 0 aliphatic heterocycles. The SMILES string of the molecule is CC(C)OC(=O)c1ccc(NC(=O)Cc2ccccc2)cc1. The van der Waals surface area contributed by atoms with Gasteiger partial charge >= 0.3 is 5.97 Å². The first-order valence-corrected chi connectivity index (χ1v) is 7.19. The smallest absolute Gasteiger partial charge is 0.338 e. The summed E-state index contributed by atoms with van der Waals surface area (Å²) in [5.41, 5.74) is 2.08. The number of esters is 1. The minimum Gasteiger partial charge on any atom is -0.459 e. The zero-order valence-corrected chi connectivity index (χ0v) is 12.7. The highest BCUT2D eigenvalue weighted by Crippen LogP contribution is 2.12. The van der Waals surface area contributed by atoms with Gasteiger partial charge in [-0.1, -0.05) is 30.3 Å². The van der Waals surface area contributed by atoms with E-state index in [1.54, 1.807) is 38.1 Å². The Morgan fingerprint density at radius 2 is 1.64 bits per heavy atom. The number of amides is 1. The van der Waals surface area contributed by atoms with Gasteiger partial charge in [-0.15, -0.1) is 0 Å². The number of hydrogen-bond acceptors (Lipinski definition) is 3. The second kappa shape index (κ2) is 7.41. The number of carbonyl (C=O) groups is 2. The molecule has 2 aromatic rings. The highest BCUT2D eigenvalue weighted by atomic mass is 16.5. The van der Waals surface area contributed by atoms with Crippen LogP contribution in [0.4, 0.5) is 5.69 Å². The third kappa shape index (κ3) is 4.74. The molecule has 0 bridgehead atoms. The van der Waals surface area contributed by atoms with Crippen molar-refractivity contribution in [2.45, 2.75) is 26.4 Å². The predicted molar refractivity (Wildman–Crippen MR) is 85.8 cm³/mol. The Morgan fingerprint density at radius 3 is 2.23 bits per heavy atom. The fourth-order valence-electron chi connectivity index (χ4n) is 1.96. The molecule has 0 aromatic heterocycles. The normalized spacial score (nSPS) is 10.3. The average molecular weight is 297 g/mol. The maximum Gasteiger partial charge on any atom is 0.338 e. The molecule has 1 N–H and O–H groups in total. The van der Waals surface area contributed by atoms with Gasteiger partial charge in [0.2, 0.25) is 5.91 Å². The molecule has 0 unspecified atom stereocenters. The van der Waals surface area contributed by atoms with E-state index in [9.17, 15) is 9.59 Å². The highest BCUT2D eigenvalue weighted by molar-refractivity contribution is 5.94. The van der Waals surface area contributed by atoms with Crippen LogP contribution >= 0.6 is 0 Å². The number of nitrogens with one attached hydrogen (secondary N) is 1. The minimum atomic E-state index is -0.364. The first-order valence-electron chi connectivity index (χ1n) is 7.19. The molecule has 2 rings (SSSR count). The maximum absolute atomic E-state index is 11.9. The molecular weight excluding hydrogens is 278 g/mol. The lowest BCUT2D eigenvalue weighted by atomic mass is 10.1. The summed E-state index contributed by atoms with van der Waals surface area (Å²) in [4.78, 5) is 23.7. The van der Waals surface area contributed by atoms with Gasteiger partial charge in [-0.2, -0.15) is 0 Å². The van der Waals surface area contributed by atoms with E-state index >= 15 is 0 Å². The number of ether oxygens (including phenoxy) is 1. The molecule has 114 valence electrons. The van der Waals surface area contributed by atoms with E-state index in [0.717, 1.165) is 5.56 Å². The van der Waals surface area contributed by atoms with Crippen molar-refractivity contribution in [2.75, 3.05) is 5.32 Å². The fourth-order valence-corrected chi connectivity index (χ4v) is 1.96. The second-order valence-corrected chi connectivity index (χ2v) is 5.24. The van der Waals surface area contributed by atoms with E-state index in [4.69, 9.17) is 4.74 Å². The van der Waals surface area contributed by atoms with Crippen LogP contribution in [0.15, 0.2) is 54.6 Å². The number of carbonyl (C=O) groups excluding carboxylic acids is 2. The van der Waals surface area contributed by atoms with Gasteiger partial charge in [0.15, 0.2) is 0 Å². The second-order valence-electron chi connectivity index (χ2n) is 5.24. The molecule has 4 heteroatoms. The van der Waals surface area contributed by atoms with Gasteiger partial charge in [0.05, 0.1) is 18.1 Å². The van der Waals surface area contributed by atoms with Crippen molar-refractivity contribution in [3.8, 4) is 0 Å². The van der Waals surface area contributed by atoms with Gasteiger partial charge in [0.25, 0.3) is 0 Å². The summed E-state index contributed by atoms with van der Waals surface area (Å²) in [6.07, 6.45) is 0.163. The molecule has 4 nitrogen and oxygen atoms in total. The lowest BCUT2D eigenvalue weighted by Crippen LogP contribution is -2.15. The first kappa shape index (κ1) is 15.8. The van der Waals surface area contributed by atoms with Gasteiger partial charge < -0.3 is 10.1 Å². The lowest BCUT2D eigenvalue weighted by Gasteiger charge is -2.09. The molecule has 0 atom stereocenters. The fraction of sp³-hybridized carbons (Fsp3) is 0.222. The Labute approximate surface area is 130 Å². The van der Waals surface area contributed by atoms with Crippen LogP contribution in [0.2, 0.25) is 0 Å². The summed E-state index contributed by atoms with van der Waals surface area (Å²) in [5.74, 6) is -0.458. The molecule has 0 aliphatic carbocycles. The van der Waals surface area contributed by atoms with Crippen molar-refractivity contribution in [3.05, 3.63) is 65.7 Å². The van der Waals surface area contributed by atoms with E-state index in [2.05, 4.69) is 5.32 Å². The van der Waals surface area contributed by atoms with E-state index in [-0.39, 0.29) is 18.0 Å². The van der Waals surface area contributed by atoms with Gasteiger partial charge in [-0.05, 0) is 43.7 Å². The molecular formula is C18H19NO3. The summed E-state index contributed by atoms with van der Waals surface area (Å²) in [6, 6.07) is 16.2. The quantitative estimate of drug-likeness (QED) is 0.860. The first-order chi connectivity index (χ1) is 10.5. The Bertz CT molecular complexity index is 633. The molecule has 0 spiro atoms. The minimum absolute atomic E-state index is 0.0938. The molecule has 2 aromatic carbocycles. The topological polar surface area (TPSA) is 55.4 Å². The van der Waals surface area contributed by atoms with Crippen LogP contribution in [-0.2, 0) is 16.0 Å². The Morgan fingerprint density at radius 1 is 1.00 bits per heavy atom. The Hall–Kier alpha value is -2.62. The third-order valence-corrected chi connectivity index (χ3v) is 2.95. The van der Waals surface area contributed by atoms with Crippen LogP contribution in [0.5, 0.6) is 0 Å². The van der Waals surface area contributed by atoms with Gasteiger partial charge in [0.1, 0.15) is 0 Å². The summed E-state index contributed by atoms with van der Waals surface area (Å²) in [7, 11) is 0. The Kier molecular flexibility index (Phi) is 5.31. The lowest BCUT2D eigenvalue weighted by molar-refractivity contribution is -0.115. The van der Waals surface area contributed by atoms with E-state index in [1.807, 2.05) is 30.3 Å². The molecule has 0 heterocycles. The van der Waals surface area contributed by atoms with Crippen LogP contribution in [0, 0.1) is 0 Å². The molecule has 1 amide bonds. The largest absolute Gasteiger partial charge is 0.459 e. The highest BCUT2D eigenvalue weighted by Gasteiger charge is 2.09. The molecule has 22 heavy (non-hydrogen) atoms. The van der Waals surface area contributed by atoms with Crippen LogP contribution in [0.25, 0.3) is 0 Å². The predicted octanol–water partition coefficient (Wildman–Crippen LogP) is 3.43. The van der Waals surface area contributed by atoms with Crippen molar-refractivity contribution in [1.29, 1.82) is 0 Å². The van der Waals surface area contributed by atoms with Crippen molar-refractivity contribution in [3.63, 3.8) is 0 Å². The monoisotopic (exact) mass is 297 g/mol. The zero-order valence-electron chi connectivity index (χ0n) is 12.7. The van der Waals surface area contributed by atoms with E-state index in [0.29, 0.717) is 17.7 Å².